The second kappa shape index (κ2) is 11.4. The number of nitrogens with one attached hydrogen (secondary N) is 2. The zero-order valence-electron chi connectivity index (χ0n) is 18.1. The highest BCUT2D eigenvalue weighted by atomic mass is 16.5. The molecule has 0 aliphatic heterocycles. The van der Waals surface area contributed by atoms with Crippen LogP contribution >= 0.6 is 0 Å². The predicted molar refractivity (Wildman–Crippen MR) is 112 cm³/mol. The molecule has 3 N–H and O–H groups in total. The summed E-state index contributed by atoms with van der Waals surface area (Å²) in [6.07, 6.45) is 1.50. The van der Waals surface area contributed by atoms with Crippen LogP contribution in [0.3, 0.4) is 0 Å². The van der Waals surface area contributed by atoms with Gasteiger partial charge in [0.15, 0.2) is 0 Å². The van der Waals surface area contributed by atoms with E-state index in [-0.39, 0.29) is 12.3 Å². The van der Waals surface area contributed by atoms with Crippen LogP contribution < -0.4 is 15.4 Å². The summed E-state index contributed by atoms with van der Waals surface area (Å²) in [5, 5.41) is 14.5. The van der Waals surface area contributed by atoms with Gasteiger partial charge in [-0.3, -0.25) is 14.4 Å². The number of likely N-dealkylation sites (N-methyl/N-ethyl adjacent to an activating group) is 1. The molecule has 162 valence electrons. The van der Waals surface area contributed by atoms with Crippen molar-refractivity contribution < 1.29 is 24.2 Å². The first kappa shape index (κ1) is 24.5. The van der Waals surface area contributed by atoms with Crippen molar-refractivity contribution in [1.29, 1.82) is 0 Å². The number of carbonyl (C=O) groups excluding carboxylic acids is 2. The van der Waals surface area contributed by atoms with E-state index >= 15 is 0 Å². The van der Waals surface area contributed by atoms with E-state index in [4.69, 9.17) is 4.74 Å². The third-order valence-electron chi connectivity index (χ3n) is 4.66. The summed E-state index contributed by atoms with van der Waals surface area (Å²) < 4.78 is 5.70. The number of rotatable bonds is 11. The van der Waals surface area contributed by atoms with Crippen LogP contribution in [0.1, 0.15) is 52.0 Å². The molecule has 0 aliphatic rings. The summed E-state index contributed by atoms with van der Waals surface area (Å²) >= 11 is 0. The van der Waals surface area contributed by atoms with Gasteiger partial charge in [-0.1, -0.05) is 32.9 Å². The van der Waals surface area contributed by atoms with Crippen LogP contribution in [0.25, 0.3) is 0 Å². The molecule has 2 atom stereocenters. The average molecular weight is 407 g/mol. The molecule has 0 saturated carbocycles. The van der Waals surface area contributed by atoms with Gasteiger partial charge in [0.2, 0.25) is 11.8 Å². The number of carboxylic acids is 1. The third kappa shape index (κ3) is 8.98. The highest BCUT2D eigenvalue weighted by Crippen LogP contribution is 2.22. The van der Waals surface area contributed by atoms with E-state index < -0.39 is 29.3 Å². The molecule has 0 aromatic heterocycles. The monoisotopic (exact) mass is 406 g/mol. The molecule has 1 rings (SSSR count). The maximum atomic E-state index is 12.7. The predicted octanol–water partition coefficient (Wildman–Crippen LogP) is 2.91. The first-order valence-corrected chi connectivity index (χ1v) is 9.97. The van der Waals surface area contributed by atoms with Gasteiger partial charge in [0.1, 0.15) is 11.8 Å². The SMILES string of the molecule is CNC(=O)C(NC(=O)[C@H](CCCCOc1cccc(C)c1)CC(=O)O)C(C)(C)C. The molecular formula is C22H34N2O5. The summed E-state index contributed by atoms with van der Waals surface area (Å²) in [6.45, 7) is 8.03. The van der Waals surface area contributed by atoms with E-state index in [9.17, 15) is 19.5 Å². The summed E-state index contributed by atoms with van der Waals surface area (Å²) in [6, 6.07) is 7.02. The first-order chi connectivity index (χ1) is 13.5. The van der Waals surface area contributed by atoms with Gasteiger partial charge >= 0.3 is 5.97 Å². The fraction of sp³-hybridized carbons (Fsp3) is 0.591. The quantitative estimate of drug-likeness (QED) is 0.490. The fourth-order valence-electron chi connectivity index (χ4n) is 3.00. The van der Waals surface area contributed by atoms with E-state index in [0.717, 1.165) is 11.3 Å². The normalized spacial score (nSPS) is 13.3. The van der Waals surface area contributed by atoms with Gasteiger partial charge in [-0.15, -0.1) is 0 Å². The van der Waals surface area contributed by atoms with Crippen LogP contribution in [0.15, 0.2) is 24.3 Å². The number of aliphatic carboxylic acids is 1. The molecule has 7 heteroatoms. The summed E-state index contributed by atoms with van der Waals surface area (Å²) in [7, 11) is 1.51. The lowest BCUT2D eigenvalue weighted by atomic mass is 9.85. The molecule has 0 fully saturated rings. The minimum Gasteiger partial charge on any atom is -0.494 e. The van der Waals surface area contributed by atoms with Gasteiger partial charge in [-0.2, -0.15) is 0 Å². The lowest BCUT2D eigenvalue weighted by Crippen LogP contribution is -2.54. The zero-order chi connectivity index (χ0) is 22.0. The van der Waals surface area contributed by atoms with Crippen LogP contribution in [-0.2, 0) is 14.4 Å². The Kier molecular flexibility index (Phi) is 9.65. The minimum atomic E-state index is -1.03. The molecular weight excluding hydrogens is 372 g/mol. The molecule has 0 spiro atoms. The summed E-state index contributed by atoms with van der Waals surface area (Å²) in [4.78, 5) is 36.0. The molecule has 0 heterocycles. The molecule has 0 bridgehead atoms. The Balaban J connectivity index is 2.60. The molecule has 2 amide bonds. The van der Waals surface area contributed by atoms with Crippen molar-refractivity contribution in [3.8, 4) is 5.75 Å². The Hall–Kier alpha value is -2.57. The number of benzene rings is 1. The number of ether oxygens (including phenoxy) is 1. The van der Waals surface area contributed by atoms with Gasteiger partial charge in [-0.05, 0) is 49.3 Å². The Morgan fingerprint density at radius 2 is 1.83 bits per heavy atom. The van der Waals surface area contributed by atoms with Gasteiger partial charge in [0, 0.05) is 13.0 Å². The van der Waals surface area contributed by atoms with E-state index in [1.807, 2.05) is 52.0 Å². The Morgan fingerprint density at radius 3 is 2.38 bits per heavy atom. The lowest BCUT2D eigenvalue weighted by Gasteiger charge is -2.31. The Bertz CT molecular complexity index is 697. The maximum absolute atomic E-state index is 12.7. The number of carbonyl (C=O) groups is 3. The maximum Gasteiger partial charge on any atom is 0.304 e. The van der Waals surface area contributed by atoms with Crippen molar-refractivity contribution in [1.82, 2.24) is 10.6 Å². The molecule has 0 saturated heterocycles. The van der Waals surface area contributed by atoms with Crippen molar-refractivity contribution in [2.45, 2.75) is 59.4 Å². The highest BCUT2D eigenvalue weighted by Gasteiger charge is 2.34. The fourth-order valence-corrected chi connectivity index (χ4v) is 3.00. The van der Waals surface area contributed by atoms with E-state index in [1.165, 1.54) is 7.05 Å². The standard InChI is InChI=1S/C22H34N2O5/c1-15-9-8-11-17(13-15)29-12-7-6-10-16(14-18(25)26)20(27)24-19(21(28)23-5)22(2,3)4/h8-9,11,13,16,19H,6-7,10,12,14H2,1-5H3,(H,23,28)(H,24,27)(H,25,26)/t16-,19?/m1/s1. The van der Waals surface area contributed by atoms with Crippen LogP contribution in [-0.4, -0.2) is 42.6 Å². The minimum absolute atomic E-state index is 0.269. The molecule has 29 heavy (non-hydrogen) atoms. The Labute approximate surface area is 173 Å². The van der Waals surface area contributed by atoms with Crippen LogP contribution in [0.2, 0.25) is 0 Å². The van der Waals surface area contributed by atoms with Crippen molar-refractivity contribution in [3.05, 3.63) is 29.8 Å². The number of hydrogen-bond acceptors (Lipinski definition) is 4. The number of unbranched alkanes of at least 4 members (excludes halogenated alkanes) is 1. The number of hydrogen-bond donors (Lipinski definition) is 3. The highest BCUT2D eigenvalue weighted by molar-refractivity contribution is 5.90. The van der Waals surface area contributed by atoms with Gasteiger partial charge in [-0.25, -0.2) is 0 Å². The molecule has 0 aliphatic carbocycles. The number of amides is 2. The first-order valence-electron chi connectivity index (χ1n) is 9.97. The zero-order valence-corrected chi connectivity index (χ0v) is 18.1. The number of aryl methyl sites for hydroxylation is 1. The second-order valence-electron chi connectivity index (χ2n) is 8.38. The average Bonchev–Trinajstić information content (AvgIpc) is 2.63. The van der Waals surface area contributed by atoms with Crippen molar-refractivity contribution >= 4 is 17.8 Å². The largest absolute Gasteiger partial charge is 0.494 e. The third-order valence-corrected chi connectivity index (χ3v) is 4.66. The second-order valence-corrected chi connectivity index (χ2v) is 8.38. The van der Waals surface area contributed by atoms with Crippen LogP contribution in [0.4, 0.5) is 0 Å². The van der Waals surface area contributed by atoms with Crippen molar-refractivity contribution in [2.75, 3.05) is 13.7 Å². The van der Waals surface area contributed by atoms with Crippen molar-refractivity contribution in [2.24, 2.45) is 11.3 Å². The summed E-state index contributed by atoms with van der Waals surface area (Å²) in [5.74, 6) is -1.64. The van der Waals surface area contributed by atoms with E-state index in [2.05, 4.69) is 10.6 Å². The topological polar surface area (TPSA) is 105 Å². The smallest absolute Gasteiger partial charge is 0.304 e. The van der Waals surface area contributed by atoms with Gasteiger partial charge in [0.05, 0.1) is 13.0 Å². The van der Waals surface area contributed by atoms with E-state index in [1.54, 1.807) is 0 Å². The molecule has 1 aromatic carbocycles. The molecule has 7 nitrogen and oxygen atoms in total. The molecule has 1 unspecified atom stereocenters. The molecule has 0 radical (unpaired) electrons. The van der Waals surface area contributed by atoms with Gasteiger partial charge in [0.25, 0.3) is 0 Å². The van der Waals surface area contributed by atoms with Crippen LogP contribution in [0.5, 0.6) is 5.75 Å². The van der Waals surface area contributed by atoms with E-state index in [0.29, 0.717) is 25.9 Å². The lowest BCUT2D eigenvalue weighted by molar-refractivity contribution is -0.142. The van der Waals surface area contributed by atoms with Crippen LogP contribution in [0, 0.1) is 18.3 Å². The Morgan fingerprint density at radius 1 is 1.14 bits per heavy atom. The summed E-state index contributed by atoms with van der Waals surface area (Å²) in [5.41, 5.74) is 0.621. The molecule has 1 aromatic rings. The number of carboxylic acid groups (broad SMARTS) is 1. The van der Waals surface area contributed by atoms with Gasteiger partial charge < -0.3 is 20.5 Å². The van der Waals surface area contributed by atoms with Crippen molar-refractivity contribution in [3.63, 3.8) is 0 Å².